The number of aryl methyl sites for hydroxylation is 1. The van der Waals surface area contributed by atoms with Gasteiger partial charge in [-0.25, -0.2) is 0 Å². The van der Waals surface area contributed by atoms with Crippen molar-refractivity contribution in [3.8, 4) is 5.75 Å². The zero-order valence-electron chi connectivity index (χ0n) is 11.5. The van der Waals surface area contributed by atoms with Crippen LogP contribution < -0.4 is 10.1 Å². The van der Waals surface area contributed by atoms with E-state index < -0.39 is 0 Å². The van der Waals surface area contributed by atoms with Crippen molar-refractivity contribution in [2.75, 3.05) is 13.2 Å². The first-order valence-electron chi connectivity index (χ1n) is 6.84. The van der Waals surface area contributed by atoms with E-state index in [1.807, 2.05) is 6.92 Å². The second kappa shape index (κ2) is 6.05. The quantitative estimate of drug-likeness (QED) is 0.800. The number of fused-ring (bicyclic) bond motifs is 1. The number of ether oxygens (including phenoxy) is 1. The largest absolute Gasteiger partial charge is 0.489 e. The predicted molar refractivity (Wildman–Crippen MR) is 76.1 cm³/mol. The lowest BCUT2D eigenvalue weighted by atomic mass is 9.87. The lowest BCUT2D eigenvalue weighted by Crippen LogP contribution is -2.24. The number of hydrogen-bond acceptors (Lipinski definition) is 2. The van der Waals surface area contributed by atoms with Gasteiger partial charge in [0.05, 0.1) is 0 Å². The van der Waals surface area contributed by atoms with Crippen LogP contribution >= 0.6 is 0 Å². The van der Waals surface area contributed by atoms with Gasteiger partial charge in [-0.3, -0.25) is 0 Å². The summed E-state index contributed by atoms with van der Waals surface area (Å²) in [5, 5.41) is 3.56. The summed E-state index contributed by atoms with van der Waals surface area (Å²) in [6.07, 6.45) is 3.67. The Bertz CT molecular complexity index is 425. The van der Waals surface area contributed by atoms with Gasteiger partial charge in [-0.05, 0) is 61.6 Å². The maximum absolute atomic E-state index is 5.71. The Morgan fingerprint density at radius 1 is 1.50 bits per heavy atom. The van der Waals surface area contributed by atoms with Gasteiger partial charge < -0.3 is 10.1 Å². The third kappa shape index (κ3) is 3.14. The van der Waals surface area contributed by atoms with Gasteiger partial charge in [-0.2, -0.15) is 0 Å². The van der Waals surface area contributed by atoms with Crippen LogP contribution in [0.2, 0.25) is 0 Å². The third-order valence-corrected chi connectivity index (χ3v) is 3.36. The Morgan fingerprint density at radius 2 is 2.33 bits per heavy atom. The average Bonchev–Trinajstić information content (AvgIpc) is 2.37. The van der Waals surface area contributed by atoms with Crippen LogP contribution in [0.25, 0.3) is 0 Å². The van der Waals surface area contributed by atoms with Crippen LogP contribution in [-0.2, 0) is 6.42 Å². The minimum absolute atomic E-state index is 0.522. The normalized spacial score (nSPS) is 18.2. The van der Waals surface area contributed by atoms with Gasteiger partial charge in [0.1, 0.15) is 12.4 Å². The Morgan fingerprint density at radius 3 is 3.06 bits per heavy atom. The standard InChI is InChI=1S/C16H23NO/c1-4-17-16-7-5-6-13-10-14(8-9-15(13)16)18-11-12(2)3/h8-10,16-17H,2,4-7,11H2,1,3H3. The molecule has 0 radical (unpaired) electrons. The molecule has 0 fully saturated rings. The lowest BCUT2D eigenvalue weighted by molar-refractivity contribution is 0.351. The van der Waals surface area contributed by atoms with Crippen LogP contribution in [-0.4, -0.2) is 13.2 Å². The fourth-order valence-electron chi connectivity index (χ4n) is 2.55. The van der Waals surface area contributed by atoms with Crippen molar-refractivity contribution in [2.45, 2.75) is 39.2 Å². The molecule has 1 unspecified atom stereocenters. The fourth-order valence-corrected chi connectivity index (χ4v) is 2.55. The summed E-state index contributed by atoms with van der Waals surface area (Å²) in [5.41, 5.74) is 3.94. The van der Waals surface area contributed by atoms with Gasteiger partial charge in [0.25, 0.3) is 0 Å². The minimum atomic E-state index is 0.522. The molecule has 1 N–H and O–H groups in total. The molecule has 1 aliphatic rings. The van der Waals surface area contributed by atoms with Crippen molar-refractivity contribution in [1.29, 1.82) is 0 Å². The van der Waals surface area contributed by atoms with Gasteiger partial charge >= 0.3 is 0 Å². The van der Waals surface area contributed by atoms with Gasteiger partial charge in [-0.15, -0.1) is 0 Å². The summed E-state index contributed by atoms with van der Waals surface area (Å²) in [6, 6.07) is 7.02. The number of rotatable bonds is 5. The number of hydrogen-bond donors (Lipinski definition) is 1. The highest BCUT2D eigenvalue weighted by Crippen LogP contribution is 2.32. The highest BCUT2D eigenvalue weighted by atomic mass is 16.5. The first-order valence-corrected chi connectivity index (χ1v) is 6.84. The lowest BCUT2D eigenvalue weighted by Gasteiger charge is -2.26. The van der Waals surface area contributed by atoms with Crippen LogP contribution in [0, 0.1) is 0 Å². The molecule has 18 heavy (non-hydrogen) atoms. The molecule has 1 aromatic rings. The summed E-state index contributed by atoms with van der Waals surface area (Å²) in [7, 11) is 0. The summed E-state index contributed by atoms with van der Waals surface area (Å²) >= 11 is 0. The van der Waals surface area contributed by atoms with E-state index in [2.05, 4.69) is 37.0 Å². The summed E-state index contributed by atoms with van der Waals surface area (Å²) in [6.45, 7) is 9.64. The van der Waals surface area contributed by atoms with E-state index in [0.717, 1.165) is 17.9 Å². The number of benzene rings is 1. The number of nitrogens with one attached hydrogen (secondary N) is 1. The molecule has 0 spiro atoms. The average molecular weight is 245 g/mol. The summed E-state index contributed by atoms with van der Waals surface area (Å²) < 4.78 is 5.71. The van der Waals surface area contributed by atoms with E-state index in [9.17, 15) is 0 Å². The molecule has 0 heterocycles. The van der Waals surface area contributed by atoms with E-state index in [1.165, 1.54) is 30.4 Å². The van der Waals surface area contributed by atoms with E-state index in [-0.39, 0.29) is 0 Å². The maximum atomic E-state index is 5.71. The van der Waals surface area contributed by atoms with Gasteiger partial charge in [-0.1, -0.05) is 19.6 Å². The topological polar surface area (TPSA) is 21.3 Å². The predicted octanol–water partition coefficient (Wildman–Crippen LogP) is 3.63. The Hall–Kier alpha value is -1.28. The third-order valence-electron chi connectivity index (χ3n) is 3.36. The molecule has 1 aliphatic carbocycles. The van der Waals surface area contributed by atoms with Crippen molar-refractivity contribution < 1.29 is 4.74 Å². The van der Waals surface area contributed by atoms with Crippen LogP contribution in [0.4, 0.5) is 0 Å². The second-order valence-electron chi connectivity index (χ2n) is 5.11. The van der Waals surface area contributed by atoms with E-state index in [4.69, 9.17) is 4.74 Å². The van der Waals surface area contributed by atoms with Crippen LogP contribution in [0.1, 0.15) is 43.9 Å². The maximum Gasteiger partial charge on any atom is 0.120 e. The van der Waals surface area contributed by atoms with E-state index in [1.54, 1.807) is 0 Å². The summed E-state index contributed by atoms with van der Waals surface area (Å²) in [5.74, 6) is 0.967. The van der Waals surface area contributed by atoms with Gasteiger partial charge in [0.15, 0.2) is 0 Å². The van der Waals surface area contributed by atoms with Crippen molar-refractivity contribution in [3.63, 3.8) is 0 Å². The van der Waals surface area contributed by atoms with Crippen molar-refractivity contribution in [1.82, 2.24) is 5.32 Å². The molecule has 2 nitrogen and oxygen atoms in total. The summed E-state index contributed by atoms with van der Waals surface area (Å²) in [4.78, 5) is 0. The first-order chi connectivity index (χ1) is 8.70. The molecular weight excluding hydrogens is 222 g/mol. The van der Waals surface area contributed by atoms with Crippen LogP contribution in [0.3, 0.4) is 0 Å². The van der Waals surface area contributed by atoms with Crippen LogP contribution in [0.5, 0.6) is 5.75 Å². The molecule has 2 rings (SSSR count). The van der Waals surface area contributed by atoms with E-state index >= 15 is 0 Å². The molecule has 1 atom stereocenters. The Labute approximate surface area is 110 Å². The molecule has 0 amide bonds. The molecular formula is C16H23NO. The van der Waals surface area contributed by atoms with Crippen LogP contribution in [0.15, 0.2) is 30.4 Å². The molecule has 98 valence electrons. The molecule has 0 aliphatic heterocycles. The van der Waals surface area contributed by atoms with Crippen molar-refractivity contribution in [3.05, 3.63) is 41.5 Å². The SMILES string of the molecule is C=C(C)COc1ccc2c(c1)CCCC2NCC. The van der Waals surface area contributed by atoms with Gasteiger partial charge in [0.2, 0.25) is 0 Å². The molecule has 0 aromatic heterocycles. The molecule has 2 heteroatoms. The van der Waals surface area contributed by atoms with Crippen molar-refractivity contribution in [2.24, 2.45) is 0 Å². The zero-order chi connectivity index (χ0) is 13.0. The molecule has 0 bridgehead atoms. The molecule has 0 saturated heterocycles. The van der Waals surface area contributed by atoms with Crippen molar-refractivity contribution >= 4 is 0 Å². The van der Waals surface area contributed by atoms with Gasteiger partial charge in [0, 0.05) is 6.04 Å². The fraction of sp³-hybridized carbons (Fsp3) is 0.500. The second-order valence-corrected chi connectivity index (χ2v) is 5.11. The zero-order valence-corrected chi connectivity index (χ0v) is 11.5. The highest BCUT2D eigenvalue weighted by Gasteiger charge is 2.19. The molecule has 0 saturated carbocycles. The first kappa shape index (κ1) is 13.2. The molecule has 1 aromatic carbocycles. The minimum Gasteiger partial charge on any atom is -0.489 e. The Balaban J connectivity index is 2.13. The van der Waals surface area contributed by atoms with E-state index in [0.29, 0.717) is 12.6 Å². The monoisotopic (exact) mass is 245 g/mol. The highest BCUT2D eigenvalue weighted by molar-refractivity contribution is 5.39. The Kier molecular flexibility index (Phi) is 4.43. The smallest absolute Gasteiger partial charge is 0.120 e.